The van der Waals surface area contributed by atoms with Gasteiger partial charge in [0.15, 0.2) is 11.0 Å². The number of hydrogen-bond donors (Lipinski definition) is 1. The second-order valence-electron chi connectivity index (χ2n) is 4.80. The van der Waals surface area contributed by atoms with Crippen molar-refractivity contribution in [1.82, 2.24) is 4.98 Å². The van der Waals surface area contributed by atoms with E-state index in [0.717, 1.165) is 34.1 Å². The van der Waals surface area contributed by atoms with Gasteiger partial charge in [-0.15, -0.1) is 0 Å². The highest BCUT2D eigenvalue weighted by Gasteiger charge is 2.11. The van der Waals surface area contributed by atoms with Gasteiger partial charge in [0.1, 0.15) is 5.75 Å². The number of H-pyrrole nitrogens is 2. The van der Waals surface area contributed by atoms with E-state index < -0.39 is 0 Å². The van der Waals surface area contributed by atoms with Gasteiger partial charge in [0, 0.05) is 11.8 Å². The number of aromatic nitrogens is 2. The Labute approximate surface area is 128 Å². The maximum atomic E-state index is 5.52. The van der Waals surface area contributed by atoms with Crippen LogP contribution >= 0.6 is 11.8 Å². The zero-order valence-electron chi connectivity index (χ0n) is 12.1. The fourth-order valence-corrected chi connectivity index (χ4v) is 3.16. The number of benzene rings is 2. The molecule has 3 aromatic rings. The molecule has 0 amide bonds. The van der Waals surface area contributed by atoms with Gasteiger partial charge in [0.2, 0.25) is 0 Å². The molecule has 1 heterocycles. The molecule has 0 bridgehead atoms. The summed E-state index contributed by atoms with van der Waals surface area (Å²) in [5.74, 6) is 1.95. The van der Waals surface area contributed by atoms with Crippen molar-refractivity contribution in [2.45, 2.75) is 18.5 Å². The SMILES string of the molecule is CCOc1ccc2[nH+]c(SCCc3ccccc3)[nH]c2c1. The predicted molar refractivity (Wildman–Crippen MR) is 86.9 cm³/mol. The van der Waals surface area contributed by atoms with Crippen molar-refractivity contribution in [2.75, 3.05) is 12.4 Å². The van der Waals surface area contributed by atoms with Crippen LogP contribution in [0.5, 0.6) is 5.75 Å². The third kappa shape index (κ3) is 3.58. The summed E-state index contributed by atoms with van der Waals surface area (Å²) in [6, 6.07) is 16.7. The summed E-state index contributed by atoms with van der Waals surface area (Å²) in [5.41, 5.74) is 3.57. The Morgan fingerprint density at radius 1 is 1.14 bits per heavy atom. The van der Waals surface area contributed by atoms with Gasteiger partial charge in [-0.2, -0.15) is 0 Å². The molecule has 0 radical (unpaired) electrons. The molecule has 0 spiro atoms. The van der Waals surface area contributed by atoms with Crippen LogP contribution in [-0.2, 0) is 6.42 Å². The van der Waals surface area contributed by atoms with E-state index in [2.05, 4.69) is 46.4 Å². The van der Waals surface area contributed by atoms with Gasteiger partial charge in [0.25, 0.3) is 0 Å². The quantitative estimate of drug-likeness (QED) is 0.705. The number of aromatic amines is 2. The average molecular weight is 299 g/mol. The minimum atomic E-state index is 0.689. The molecule has 108 valence electrons. The normalized spacial score (nSPS) is 10.9. The summed E-state index contributed by atoms with van der Waals surface area (Å²) in [6.45, 7) is 2.69. The van der Waals surface area contributed by atoms with Gasteiger partial charge >= 0.3 is 5.16 Å². The van der Waals surface area contributed by atoms with Crippen molar-refractivity contribution < 1.29 is 9.72 Å². The van der Waals surface area contributed by atoms with Crippen molar-refractivity contribution in [2.24, 2.45) is 0 Å². The Kier molecular flexibility index (Phi) is 4.46. The molecule has 4 heteroatoms. The number of rotatable bonds is 6. The molecule has 0 fully saturated rings. The summed E-state index contributed by atoms with van der Waals surface area (Å²) >= 11 is 1.81. The molecule has 21 heavy (non-hydrogen) atoms. The first-order chi connectivity index (χ1) is 10.3. The lowest BCUT2D eigenvalue weighted by Crippen LogP contribution is -2.02. The number of hydrogen-bond acceptors (Lipinski definition) is 2. The Bertz CT molecular complexity index is 709. The second kappa shape index (κ2) is 6.68. The first-order valence-electron chi connectivity index (χ1n) is 7.19. The summed E-state index contributed by atoms with van der Waals surface area (Å²) in [6.07, 6.45) is 1.07. The minimum Gasteiger partial charge on any atom is -0.494 e. The monoisotopic (exact) mass is 299 g/mol. The van der Waals surface area contributed by atoms with Crippen LogP contribution in [0.25, 0.3) is 11.0 Å². The Hall–Kier alpha value is -1.94. The highest BCUT2D eigenvalue weighted by molar-refractivity contribution is 7.99. The van der Waals surface area contributed by atoms with E-state index in [-0.39, 0.29) is 0 Å². The van der Waals surface area contributed by atoms with Crippen LogP contribution in [0.2, 0.25) is 0 Å². The van der Waals surface area contributed by atoms with Gasteiger partial charge in [-0.3, -0.25) is 0 Å². The molecule has 2 aromatic carbocycles. The van der Waals surface area contributed by atoms with Gasteiger partial charge < -0.3 is 4.74 Å². The van der Waals surface area contributed by atoms with Crippen LogP contribution < -0.4 is 9.72 Å². The van der Waals surface area contributed by atoms with Gasteiger partial charge in [-0.05, 0) is 42.8 Å². The largest absolute Gasteiger partial charge is 0.494 e. The predicted octanol–water partition coefficient (Wildman–Crippen LogP) is 3.72. The smallest absolute Gasteiger partial charge is 0.314 e. The molecule has 0 saturated heterocycles. The van der Waals surface area contributed by atoms with E-state index in [4.69, 9.17) is 4.74 Å². The minimum absolute atomic E-state index is 0.689. The third-order valence-electron chi connectivity index (χ3n) is 3.28. The van der Waals surface area contributed by atoms with E-state index >= 15 is 0 Å². The average Bonchev–Trinajstić information content (AvgIpc) is 2.91. The van der Waals surface area contributed by atoms with Crippen LogP contribution in [-0.4, -0.2) is 17.3 Å². The molecule has 0 aliphatic rings. The maximum Gasteiger partial charge on any atom is 0.314 e. The van der Waals surface area contributed by atoms with Gasteiger partial charge in [-0.1, -0.05) is 30.3 Å². The second-order valence-corrected chi connectivity index (χ2v) is 5.91. The molecule has 0 saturated carbocycles. The van der Waals surface area contributed by atoms with E-state index in [1.165, 1.54) is 5.56 Å². The number of imidazole rings is 1. The van der Waals surface area contributed by atoms with Crippen molar-refractivity contribution >= 4 is 22.8 Å². The Morgan fingerprint density at radius 2 is 2.00 bits per heavy atom. The van der Waals surface area contributed by atoms with Crippen LogP contribution in [0.1, 0.15) is 12.5 Å². The molecule has 1 aromatic heterocycles. The highest BCUT2D eigenvalue weighted by Crippen LogP contribution is 2.21. The van der Waals surface area contributed by atoms with Crippen LogP contribution in [0, 0.1) is 0 Å². The Morgan fingerprint density at radius 3 is 2.81 bits per heavy atom. The zero-order chi connectivity index (χ0) is 14.5. The summed E-state index contributed by atoms with van der Waals surface area (Å²) in [7, 11) is 0. The lowest BCUT2D eigenvalue weighted by Gasteiger charge is -1.99. The summed E-state index contributed by atoms with van der Waals surface area (Å²) in [5, 5.41) is 1.09. The van der Waals surface area contributed by atoms with E-state index in [1.807, 2.05) is 30.8 Å². The number of fused-ring (bicyclic) bond motifs is 1. The Balaban J connectivity index is 1.64. The van der Waals surface area contributed by atoms with Crippen LogP contribution in [0.4, 0.5) is 0 Å². The fourth-order valence-electron chi connectivity index (χ4n) is 2.26. The molecule has 3 rings (SSSR count). The van der Waals surface area contributed by atoms with Crippen molar-refractivity contribution in [3.63, 3.8) is 0 Å². The molecule has 3 nitrogen and oxygen atoms in total. The summed E-state index contributed by atoms with van der Waals surface area (Å²) in [4.78, 5) is 6.81. The third-order valence-corrected chi connectivity index (χ3v) is 4.18. The molecule has 2 N–H and O–H groups in total. The molecule has 0 unspecified atom stereocenters. The first kappa shape index (κ1) is 14.0. The fraction of sp³-hybridized carbons (Fsp3) is 0.235. The van der Waals surface area contributed by atoms with Crippen molar-refractivity contribution in [3.8, 4) is 5.75 Å². The lowest BCUT2D eigenvalue weighted by molar-refractivity contribution is -0.396. The topological polar surface area (TPSA) is 39.2 Å². The zero-order valence-corrected chi connectivity index (χ0v) is 12.9. The number of ether oxygens (including phenoxy) is 1. The molecule has 0 aliphatic carbocycles. The number of nitrogens with one attached hydrogen (secondary N) is 2. The highest BCUT2D eigenvalue weighted by atomic mass is 32.2. The van der Waals surface area contributed by atoms with Crippen molar-refractivity contribution in [3.05, 3.63) is 54.1 Å². The first-order valence-corrected chi connectivity index (χ1v) is 8.18. The molecule has 0 aliphatic heterocycles. The van der Waals surface area contributed by atoms with Crippen molar-refractivity contribution in [1.29, 1.82) is 0 Å². The molecule has 0 atom stereocenters. The van der Waals surface area contributed by atoms with Gasteiger partial charge in [0.05, 0.1) is 6.61 Å². The van der Waals surface area contributed by atoms with Gasteiger partial charge in [-0.25, -0.2) is 9.97 Å². The van der Waals surface area contributed by atoms with Crippen LogP contribution in [0.3, 0.4) is 0 Å². The number of aryl methyl sites for hydroxylation is 1. The van der Waals surface area contributed by atoms with E-state index in [1.54, 1.807) is 0 Å². The molecular formula is C17H19N2OS+. The van der Waals surface area contributed by atoms with E-state index in [0.29, 0.717) is 6.61 Å². The summed E-state index contributed by atoms with van der Waals surface area (Å²) < 4.78 is 5.52. The lowest BCUT2D eigenvalue weighted by atomic mass is 10.2. The van der Waals surface area contributed by atoms with Crippen LogP contribution in [0.15, 0.2) is 53.7 Å². The molecular weight excluding hydrogens is 280 g/mol. The number of thioether (sulfide) groups is 1. The maximum absolute atomic E-state index is 5.52. The standard InChI is InChI=1S/C17H18N2OS/c1-2-20-14-8-9-15-16(12-14)19-17(18-15)21-11-10-13-6-4-3-5-7-13/h3-9,12H,2,10-11H2,1H3,(H,18,19)/p+1. The van der Waals surface area contributed by atoms with E-state index in [9.17, 15) is 0 Å².